The van der Waals surface area contributed by atoms with Gasteiger partial charge < -0.3 is 14.4 Å². The Morgan fingerprint density at radius 2 is 1.78 bits per heavy atom. The molecule has 1 aromatic heterocycles. The van der Waals surface area contributed by atoms with Crippen LogP contribution in [0.4, 0.5) is 10.1 Å². The van der Waals surface area contributed by atoms with Crippen molar-refractivity contribution < 1.29 is 14.0 Å². The highest BCUT2D eigenvalue weighted by Gasteiger charge is 2.35. The first-order chi connectivity index (χ1) is 15.5. The fraction of sp³-hybridized carbons (Fsp3) is 0.400. The topological polar surface area (TPSA) is 58.4 Å². The van der Waals surface area contributed by atoms with Crippen LogP contribution in [0.3, 0.4) is 0 Å². The fourth-order valence-corrected chi connectivity index (χ4v) is 4.46. The maximum Gasteiger partial charge on any atom is 0.242 e. The van der Waals surface area contributed by atoms with E-state index in [0.29, 0.717) is 18.7 Å². The normalized spacial score (nSPS) is 16.2. The largest absolute Gasteiger partial charge is 0.341 e. The summed E-state index contributed by atoms with van der Waals surface area (Å²) >= 11 is 0. The van der Waals surface area contributed by atoms with Crippen LogP contribution in [0.1, 0.15) is 44.9 Å². The zero-order chi connectivity index (χ0) is 22.7. The number of para-hydroxylation sites is 2. The van der Waals surface area contributed by atoms with Crippen LogP contribution >= 0.6 is 0 Å². The minimum Gasteiger partial charge on any atom is -0.341 e. The van der Waals surface area contributed by atoms with Crippen molar-refractivity contribution in [3.63, 3.8) is 0 Å². The zero-order valence-corrected chi connectivity index (χ0v) is 18.6. The molecule has 0 aliphatic carbocycles. The van der Waals surface area contributed by atoms with Crippen molar-refractivity contribution in [2.24, 2.45) is 0 Å². The van der Waals surface area contributed by atoms with Gasteiger partial charge in [0, 0.05) is 37.7 Å². The van der Waals surface area contributed by atoms with Crippen LogP contribution in [0, 0.1) is 5.82 Å². The minimum atomic E-state index is -0.332. The third kappa shape index (κ3) is 4.38. The molecule has 0 spiro atoms. The van der Waals surface area contributed by atoms with Crippen LogP contribution < -0.4 is 4.90 Å². The first-order valence-electron chi connectivity index (χ1n) is 11.3. The molecule has 1 aliphatic rings. The summed E-state index contributed by atoms with van der Waals surface area (Å²) in [5.41, 5.74) is 2.40. The molecule has 1 unspecified atom stereocenters. The van der Waals surface area contributed by atoms with Gasteiger partial charge >= 0.3 is 0 Å². The van der Waals surface area contributed by atoms with E-state index in [9.17, 15) is 14.0 Å². The number of benzene rings is 2. The maximum absolute atomic E-state index is 13.3. The predicted octanol–water partition coefficient (Wildman–Crippen LogP) is 4.34. The van der Waals surface area contributed by atoms with Gasteiger partial charge in [0.2, 0.25) is 11.8 Å². The van der Waals surface area contributed by atoms with E-state index >= 15 is 0 Å². The van der Waals surface area contributed by atoms with E-state index < -0.39 is 0 Å². The van der Waals surface area contributed by atoms with Gasteiger partial charge in [0.05, 0.1) is 11.0 Å². The second kappa shape index (κ2) is 9.51. The van der Waals surface area contributed by atoms with Crippen molar-refractivity contribution in [3.05, 3.63) is 60.2 Å². The average Bonchev–Trinajstić information content (AvgIpc) is 3.35. The average molecular weight is 437 g/mol. The molecular formula is C25H29FN4O2. The zero-order valence-electron chi connectivity index (χ0n) is 18.6. The lowest BCUT2D eigenvalue weighted by Crippen LogP contribution is -2.35. The molecule has 7 heteroatoms. The van der Waals surface area contributed by atoms with Gasteiger partial charge in [-0.25, -0.2) is 9.37 Å². The van der Waals surface area contributed by atoms with Crippen molar-refractivity contribution in [2.75, 3.05) is 24.5 Å². The highest BCUT2D eigenvalue weighted by atomic mass is 19.1. The number of aromatic nitrogens is 2. The Labute approximate surface area is 187 Å². The van der Waals surface area contributed by atoms with Gasteiger partial charge in [-0.2, -0.15) is 0 Å². The van der Waals surface area contributed by atoms with Crippen LogP contribution in [-0.2, 0) is 16.1 Å². The number of imidazole rings is 1. The van der Waals surface area contributed by atoms with Crippen molar-refractivity contribution in [3.8, 4) is 0 Å². The number of carbonyl (C=O) groups is 2. The standard InChI is InChI=1S/C25H29FN4O2/c1-3-13-28(14-4-2)24(32)17-30-22-8-6-5-7-21(22)27-25(30)18-15-23(31)29(16-18)20-11-9-19(26)10-12-20/h5-12,18H,3-4,13-17H2,1-2H3. The van der Waals surface area contributed by atoms with Crippen LogP contribution in [0.15, 0.2) is 48.5 Å². The third-order valence-electron chi connectivity index (χ3n) is 5.95. The molecule has 0 radical (unpaired) electrons. The molecule has 2 amide bonds. The minimum absolute atomic E-state index is 0.0230. The quantitative estimate of drug-likeness (QED) is 0.528. The molecule has 1 saturated heterocycles. The van der Waals surface area contributed by atoms with Crippen molar-refractivity contribution in [1.29, 1.82) is 0 Å². The van der Waals surface area contributed by atoms with Crippen LogP contribution in [0.5, 0.6) is 0 Å². The molecule has 32 heavy (non-hydrogen) atoms. The second-order valence-electron chi connectivity index (χ2n) is 8.31. The molecule has 168 valence electrons. The smallest absolute Gasteiger partial charge is 0.242 e. The molecule has 1 atom stereocenters. The first kappa shape index (κ1) is 22.0. The molecule has 2 aromatic carbocycles. The van der Waals surface area contributed by atoms with Gasteiger partial charge in [0.25, 0.3) is 0 Å². The summed E-state index contributed by atoms with van der Waals surface area (Å²) in [6.07, 6.45) is 2.13. The van der Waals surface area contributed by atoms with E-state index in [1.807, 2.05) is 33.7 Å². The Kier molecular flexibility index (Phi) is 6.53. The van der Waals surface area contributed by atoms with Crippen molar-refractivity contribution in [1.82, 2.24) is 14.5 Å². The summed E-state index contributed by atoms with van der Waals surface area (Å²) in [6, 6.07) is 13.7. The molecule has 1 fully saturated rings. The number of amides is 2. The van der Waals surface area contributed by atoms with E-state index in [0.717, 1.165) is 42.8 Å². The Morgan fingerprint density at radius 3 is 2.47 bits per heavy atom. The summed E-state index contributed by atoms with van der Waals surface area (Å²) in [4.78, 5) is 34.4. The van der Waals surface area contributed by atoms with Crippen molar-refractivity contribution >= 4 is 28.5 Å². The van der Waals surface area contributed by atoms with E-state index in [1.165, 1.54) is 12.1 Å². The van der Waals surface area contributed by atoms with E-state index in [-0.39, 0.29) is 30.1 Å². The number of carbonyl (C=O) groups excluding carboxylic acids is 2. The molecule has 4 rings (SSSR count). The number of fused-ring (bicyclic) bond motifs is 1. The van der Waals surface area contributed by atoms with Crippen LogP contribution in [0.2, 0.25) is 0 Å². The van der Waals surface area contributed by atoms with Gasteiger partial charge in [-0.05, 0) is 49.2 Å². The van der Waals surface area contributed by atoms with E-state index in [1.54, 1.807) is 17.0 Å². The lowest BCUT2D eigenvalue weighted by atomic mass is 10.1. The van der Waals surface area contributed by atoms with Gasteiger partial charge in [0.15, 0.2) is 0 Å². The highest BCUT2D eigenvalue weighted by molar-refractivity contribution is 5.96. The highest BCUT2D eigenvalue weighted by Crippen LogP contribution is 2.33. The second-order valence-corrected chi connectivity index (χ2v) is 8.31. The summed E-state index contributed by atoms with van der Waals surface area (Å²) in [5.74, 6) is 0.327. The van der Waals surface area contributed by atoms with E-state index in [4.69, 9.17) is 4.98 Å². The predicted molar refractivity (Wildman–Crippen MR) is 123 cm³/mol. The van der Waals surface area contributed by atoms with Crippen molar-refractivity contribution in [2.45, 2.75) is 45.6 Å². The molecule has 1 aliphatic heterocycles. The van der Waals surface area contributed by atoms with Crippen LogP contribution in [-0.4, -0.2) is 45.9 Å². The number of rotatable bonds is 8. The van der Waals surface area contributed by atoms with Gasteiger partial charge in [0.1, 0.15) is 18.2 Å². The van der Waals surface area contributed by atoms with Gasteiger partial charge in [-0.1, -0.05) is 26.0 Å². The number of hydrogen-bond acceptors (Lipinski definition) is 3. The number of nitrogens with zero attached hydrogens (tertiary/aromatic N) is 4. The molecule has 0 bridgehead atoms. The summed E-state index contributed by atoms with van der Waals surface area (Å²) in [6.45, 7) is 6.26. The molecule has 0 saturated carbocycles. The lowest BCUT2D eigenvalue weighted by molar-refractivity contribution is -0.131. The lowest BCUT2D eigenvalue weighted by Gasteiger charge is -2.23. The summed E-state index contributed by atoms with van der Waals surface area (Å²) in [7, 11) is 0. The van der Waals surface area contributed by atoms with Crippen LogP contribution in [0.25, 0.3) is 11.0 Å². The van der Waals surface area contributed by atoms with E-state index in [2.05, 4.69) is 13.8 Å². The number of hydrogen-bond donors (Lipinski definition) is 0. The van der Waals surface area contributed by atoms with Gasteiger partial charge in [-0.15, -0.1) is 0 Å². The Bertz CT molecular complexity index is 1100. The third-order valence-corrected chi connectivity index (χ3v) is 5.95. The first-order valence-corrected chi connectivity index (χ1v) is 11.3. The maximum atomic E-state index is 13.3. The van der Waals surface area contributed by atoms with Gasteiger partial charge in [-0.3, -0.25) is 9.59 Å². The molecule has 2 heterocycles. The SMILES string of the molecule is CCCN(CCC)C(=O)Cn1c(C2CC(=O)N(c3ccc(F)cc3)C2)nc2ccccc21. The fourth-order valence-electron chi connectivity index (χ4n) is 4.46. The molecular weight excluding hydrogens is 407 g/mol. The molecule has 0 N–H and O–H groups in total. The Morgan fingerprint density at radius 1 is 1.09 bits per heavy atom. The number of halogens is 1. The number of anilines is 1. The molecule has 3 aromatic rings. The summed E-state index contributed by atoms with van der Waals surface area (Å²) in [5, 5.41) is 0. The Hall–Kier alpha value is -3.22. The summed E-state index contributed by atoms with van der Waals surface area (Å²) < 4.78 is 15.3. The Balaban J connectivity index is 1.65. The monoisotopic (exact) mass is 436 g/mol. The molecule has 6 nitrogen and oxygen atoms in total.